The maximum atomic E-state index is 12.3. The number of fused-ring (bicyclic) bond motifs is 1. The minimum Gasteiger partial charge on any atom is -0.461 e. The van der Waals surface area contributed by atoms with Gasteiger partial charge < -0.3 is 19.6 Å². The number of carbonyl (C=O) groups is 2. The van der Waals surface area contributed by atoms with Gasteiger partial charge in [0.15, 0.2) is 0 Å². The van der Waals surface area contributed by atoms with Crippen LogP contribution in [-0.4, -0.2) is 33.0 Å². The van der Waals surface area contributed by atoms with E-state index in [1.54, 1.807) is 55.3 Å². The van der Waals surface area contributed by atoms with E-state index < -0.39 is 5.97 Å². The van der Waals surface area contributed by atoms with Crippen LogP contribution in [0.15, 0.2) is 36.8 Å². The van der Waals surface area contributed by atoms with Gasteiger partial charge in [-0.05, 0) is 31.2 Å². The van der Waals surface area contributed by atoms with Gasteiger partial charge in [0.05, 0.1) is 29.7 Å². The fraction of sp³-hybridized carbons (Fsp3) is 0.188. The Labute approximate surface area is 132 Å². The van der Waals surface area contributed by atoms with Crippen molar-refractivity contribution in [1.29, 1.82) is 0 Å². The molecule has 3 rings (SSSR count). The number of anilines is 1. The summed E-state index contributed by atoms with van der Waals surface area (Å²) in [5, 5.41) is 2.77. The second-order valence-corrected chi connectivity index (χ2v) is 5.03. The average molecular weight is 312 g/mol. The number of hydrogen-bond acceptors (Lipinski definition) is 4. The van der Waals surface area contributed by atoms with Crippen molar-refractivity contribution in [2.45, 2.75) is 6.92 Å². The Kier molecular flexibility index (Phi) is 3.84. The van der Waals surface area contributed by atoms with Gasteiger partial charge in [0, 0.05) is 18.8 Å². The molecule has 0 saturated heterocycles. The van der Waals surface area contributed by atoms with Gasteiger partial charge >= 0.3 is 5.97 Å². The highest BCUT2D eigenvalue weighted by molar-refractivity contribution is 6.06. The molecule has 0 fully saturated rings. The monoisotopic (exact) mass is 312 g/mol. The Bertz CT molecular complexity index is 878. The molecular weight excluding hydrogens is 296 g/mol. The van der Waals surface area contributed by atoms with Gasteiger partial charge in [0.25, 0.3) is 5.91 Å². The molecule has 1 amide bonds. The van der Waals surface area contributed by atoms with Gasteiger partial charge in [-0.25, -0.2) is 9.78 Å². The predicted molar refractivity (Wildman–Crippen MR) is 85.4 cm³/mol. The Hall–Kier alpha value is -3.09. The number of rotatable bonds is 4. The number of imidazole rings is 1. The topological polar surface area (TPSA) is 89.0 Å². The highest BCUT2D eigenvalue weighted by Gasteiger charge is 2.15. The van der Waals surface area contributed by atoms with Crippen molar-refractivity contribution in [3.8, 4) is 0 Å². The van der Waals surface area contributed by atoms with Crippen LogP contribution < -0.4 is 5.32 Å². The summed E-state index contributed by atoms with van der Waals surface area (Å²) in [7, 11) is 1.72. The molecule has 0 radical (unpaired) electrons. The zero-order chi connectivity index (χ0) is 16.4. The molecule has 0 unspecified atom stereocenters. The summed E-state index contributed by atoms with van der Waals surface area (Å²) in [6.45, 7) is 2.05. The van der Waals surface area contributed by atoms with E-state index in [4.69, 9.17) is 4.74 Å². The standard InChI is InChI=1S/C16H16N4O3/c1-3-23-16(22)14-7-11(8-20(14)2)19-15(21)10-4-5-12-13(6-10)18-9-17-12/h4-9H,3H2,1-2H3,(H,17,18)(H,19,21). The number of nitrogens with zero attached hydrogens (tertiary/aromatic N) is 2. The lowest BCUT2D eigenvalue weighted by atomic mass is 10.2. The molecule has 0 saturated carbocycles. The number of aryl methyl sites for hydroxylation is 1. The average Bonchev–Trinajstić information content (AvgIpc) is 3.13. The van der Waals surface area contributed by atoms with E-state index in [1.807, 2.05) is 0 Å². The maximum Gasteiger partial charge on any atom is 0.355 e. The summed E-state index contributed by atoms with van der Waals surface area (Å²) >= 11 is 0. The maximum absolute atomic E-state index is 12.3. The van der Waals surface area contributed by atoms with Gasteiger partial charge in [-0.15, -0.1) is 0 Å². The second kappa shape index (κ2) is 5.96. The Morgan fingerprint density at radius 1 is 1.35 bits per heavy atom. The lowest BCUT2D eigenvalue weighted by Gasteiger charge is -2.02. The van der Waals surface area contributed by atoms with Crippen molar-refractivity contribution in [1.82, 2.24) is 14.5 Å². The molecule has 7 heteroatoms. The summed E-state index contributed by atoms with van der Waals surface area (Å²) in [5.41, 5.74) is 3.00. The minimum atomic E-state index is -0.422. The molecule has 2 N–H and O–H groups in total. The van der Waals surface area contributed by atoms with E-state index in [-0.39, 0.29) is 5.91 Å². The first-order chi connectivity index (χ1) is 11.1. The lowest BCUT2D eigenvalue weighted by molar-refractivity contribution is 0.0515. The Morgan fingerprint density at radius 2 is 2.17 bits per heavy atom. The van der Waals surface area contributed by atoms with E-state index in [9.17, 15) is 9.59 Å². The van der Waals surface area contributed by atoms with E-state index in [1.165, 1.54) is 0 Å². The van der Waals surface area contributed by atoms with Crippen LogP contribution in [0.25, 0.3) is 11.0 Å². The fourth-order valence-corrected chi connectivity index (χ4v) is 2.32. The van der Waals surface area contributed by atoms with E-state index in [0.29, 0.717) is 23.6 Å². The van der Waals surface area contributed by atoms with Crippen molar-refractivity contribution >= 4 is 28.6 Å². The van der Waals surface area contributed by atoms with Crippen LogP contribution in [0.5, 0.6) is 0 Å². The number of esters is 1. The number of benzene rings is 1. The number of carbonyl (C=O) groups excluding carboxylic acids is 2. The van der Waals surface area contributed by atoms with Crippen molar-refractivity contribution in [2.24, 2.45) is 7.05 Å². The van der Waals surface area contributed by atoms with Crippen molar-refractivity contribution in [2.75, 3.05) is 11.9 Å². The van der Waals surface area contributed by atoms with Gasteiger partial charge in [0.2, 0.25) is 0 Å². The summed E-state index contributed by atoms with van der Waals surface area (Å²) in [6.07, 6.45) is 3.24. The summed E-state index contributed by atoms with van der Waals surface area (Å²) in [4.78, 5) is 31.2. The third kappa shape index (κ3) is 2.94. The largest absolute Gasteiger partial charge is 0.461 e. The quantitative estimate of drug-likeness (QED) is 0.724. The van der Waals surface area contributed by atoms with Crippen molar-refractivity contribution in [3.63, 3.8) is 0 Å². The SMILES string of the molecule is CCOC(=O)c1cc(NC(=O)c2ccc3nc[nH]c3c2)cn1C. The molecule has 23 heavy (non-hydrogen) atoms. The molecule has 118 valence electrons. The summed E-state index contributed by atoms with van der Waals surface area (Å²) < 4.78 is 6.58. The molecule has 0 bridgehead atoms. The Morgan fingerprint density at radius 3 is 2.96 bits per heavy atom. The second-order valence-electron chi connectivity index (χ2n) is 5.03. The summed E-state index contributed by atoms with van der Waals surface area (Å²) in [5.74, 6) is -0.683. The molecule has 7 nitrogen and oxygen atoms in total. The van der Waals surface area contributed by atoms with Crippen LogP contribution in [0, 0.1) is 0 Å². The van der Waals surface area contributed by atoms with Crippen LogP contribution in [-0.2, 0) is 11.8 Å². The molecule has 1 aromatic carbocycles. The first-order valence-electron chi connectivity index (χ1n) is 7.16. The van der Waals surface area contributed by atoms with Gasteiger partial charge in [-0.1, -0.05) is 0 Å². The number of aromatic amines is 1. The highest BCUT2D eigenvalue weighted by Crippen LogP contribution is 2.17. The smallest absolute Gasteiger partial charge is 0.355 e. The molecule has 0 spiro atoms. The van der Waals surface area contributed by atoms with E-state index >= 15 is 0 Å². The fourth-order valence-electron chi connectivity index (χ4n) is 2.32. The lowest BCUT2D eigenvalue weighted by Crippen LogP contribution is -2.11. The van der Waals surface area contributed by atoms with Crippen LogP contribution in [0.3, 0.4) is 0 Å². The predicted octanol–water partition coefficient (Wildman–Crippen LogP) is 2.33. The molecular formula is C16H16N4O3. The number of H-pyrrole nitrogens is 1. The zero-order valence-electron chi connectivity index (χ0n) is 12.8. The van der Waals surface area contributed by atoms with Crippen LogP contribution in [0.2, 0.25) is 0 Å². The molecule has 0 aliphatic heterocycles. The number of nitrogens with one attached hydrogen (secondary N) is 2. The van der Waals surface area contributed by atoms with Crippen molar-refractivity contribution in [3.05, 3.63) is 48.0 Å². The number of hydrogen-bond donors (Lipinski definition) is 2. The van der Waals surface area contributed by atoms with Crippen LogP contribution >= 0.6 is 0 Å². The number of amides is 1. The molecule has 2 heterocycles. The third-order valence-electron chi connectivity index (χ3n) is 3.43. The summed E-state index contributed by atoms with van der Waals surface area (Å²) in [6, 6.07) is 6.79. The Balaban J connectivity index is 1.79. The van der Waals surface area contributed by atoms with Crippen LogP contribution in [0.1, 0.15) is 27.8 Å². The first-order valence-corrected chi connectivity index (χ1v) is 7.16. The van der Waals surface area contributed by atoms with Gasteiger partial charge in [-0.3, -0.25) is 4.79 Å². The number of ether oxygens (including phenoxy) is 1. The van der Waals surface area contributed by atoms with Crippen LogP contribution in [0.4, 0.5) is 5.69 Å². The molecule has 3 aromatic rings. The normalized spacial score (nSPS) is 10.7. The molecule has 0 atom stereocenters. The van der Waals surface area contributed by atoms with E-state index in [2.05, 4.69) is 15.3 Å². The minimum absolute atomic E-state index is 0.262. The zero-order valence-corrected chi connectivity index (χ0v) is 12.8. The number of aromatic nitrogens is 3. The molecule has 0 aliphatic carbocycles. The molecule has 2 aromatic heterocycles. The van der Waals surface area contributed by atoms with Crippen molar-refractivity contribution < 1.29 is 14.3 Å². The third-order valence-corrected chi connectivity index (χ3v) is 3.43. The highest BCUT2D eigenvalue weighted by atomic mass is 16.5. The molecule has 0 aliphatic rings. The van der Waals surface area contributed by atoms with Gasteiger partial charge in [-0.2, -0.15) is 0 Å². The first kappa shape index (κ1) is 14.8. The van der Waals surface area contributed by atoms with Gasteiger partial charge in [0.1, 0.15) is 5.69 Å². The van der Waals surface area contributed by atoms with E-state index in [0.717, 1.165) is 11.0 Å².